The van der Waals surface area contributed by atoms with Gasteiger partial charge in [-0.2, -0.15) is 0 Å². The highest BCUT2D eigenvalue weighted by atomic mass is 35.5. The second-order valence-corrected chi connectivity index (χ2v) is 5.68. The SMILES string of the molecule is CC(C)N(C(=O)NC(=O)c1ccc(Cl)c([N+](=O)[O-])c1)C(C)C. The van der Waals surface area contributed by atoms with Gasteiger partial charge in [-0.05, 0) is 39.8 Å². The van der Waals surface area contributed by atoms with E-state index in [1.165, 1.54) is 17.0 Å². The summed E-state index contributed by atoms with van der Waals surface area (Å²) >= 11 is 5.69. The van der Waals surface area contributed by atoms with E-state index in [-0.39, 0.29) is 28.4 Å². The second-order valence-electron chi connectivity index (χ2n) is 5.28. The molecule has 0 fully saturated rings. The Balaban J connectivity index is 2.96. The molecule has 0 bridgehead atoms. The molecule has 1 N–H and O–H groups in total. The molecule has 0 aliphatic carbocycles. The number of nitrogens with zero attached hydrogens (tertiary/aromatic N) is 2. The van der Waals surface area contributed by atoms with Gasteiger partial charge in [-0.3, -0.25) is 20.2 Å². The molecule has 0 unspecified atom stereocenters. The number of imide groups is 1. The highest BCUT2D eigenvalue weighted by Crippen LogP contribution is 2.25. The van der Waals surface area contributed by atoms with E-state index in [9.17, 15) is 19.7 Å². The van der Waals surface area contributed by atoms with Gasteiger partial charge in [-0.1, -0.05) is 11.6 Å². The van der Waals surface area contributed by atoms with Gasteiger partial charge in [0.2, 0.25) is 0 Å². The maximum Gasteiger partial charge on any atom is 0.324 e. The van der Waals surface area contributed by atoms with Crippen molar-refractivity contribution in [1.82, 2.24) is 10.2 Å². The standard InChI is InChI=1S/C14H18ClN3O4/c1-8(2)17(9(3)4)14(20)16-13(19)10-5-6-11(15)12(7-10)18(21)22/h5-9H,1-4H3,(H,16,19,20). The molecule has 1 aromatic carbocycles. The topological polar surface area (TPSA) is 92.6 Å². The summed E-state index contributed by atoms with van der Waals surface area (Å²) in [7, 11) is 0. The van der Waals surface area contributed by atoms with E-state index in [0.717, 1.165) is 6.07 Å². The number of carbonyl (C=O) groups is 2. The van der Waals surface area contributed by atoms with Gasteiger partial charge in [0.05, 0.1) is 4.92 Å². The fourth-order valence-electron chi connectivity index (χ4n) is 2.09. The monoisotopic (exact) mass is 327 g/mol. The predicted molar refractivity (Wildman–Crippen MR) is 83.1 cm³/mol. The Morgan fingerprint density at radius 2 is 1.77 bits per heavy atom. The molecule has 0 spiro atoms. The molecule has 0 saturated heterocycles. The molecule has 0 aliphatic heterocycles. The van der Waals surface area contributed by atoms with Gasteiger partial charge in [-0.25, -0.2) is 4.79 Å². The third-order valence-corrected chi connectivity index (χ3v) is 3.29. The van der Waals surface area contributed by atoms with Gasteiger partial charge in [0.1, 0.15) is 5.02 Å². The van der Waals surface area contributed by atoms with Crippen molar-refractivity contribution in [2.75, 3.05) is 0 Å². The quantitative estimate of drug-likeness (QED) is 0.678. The Bertz CT molecular complexity index is 594. The number of nitro benzene ring substituents is 1. The molecule has 22 heavy (non-hydrogen) atoms. The third-order valence-electron chi connectivity index (χ3n) is 2.97. The Morgan fingerprint density at radius 3 is 2.23 bits per heavy atom. The van der Waals surface area contributed by atoms with Crippen LogP contribution in [0.5, 0.6) is 0 Å². The lowest BCUT2D eigenvalue weighted by Crippen LogP contribution is -2.49. The first-order valence-electron chi connectivity index (χ1n) is 6.72. The summed E-state index contributed by atoms with van der Waals surface area (Å²) in [5.41, 5.74) is -0.386. The number of rotatable bonds is 4. The first-order valence-corrected chi connectivity index (χ1v) is 7.10. The summed E-state index contributed by atoms with van der Waals surface area (Å²) in [6, 6.07) is 2.89. The predicted octanol–water partition coefficient (Wildman–Crippen LogP) is 3.22. The van der Waals surface area contributed by atoms with Crippen LogP contribution in [0.25, 0.3) is 0 Å². The maximum atomic E-state index is 12.1. The van der Waals surface area contributed by atoms with Crippen LogP contribution in [0.1, 0.15) is 38.1 Å². The van der Waals surface area contributed by atoms with Crippen molar-refractivity contribution in [1.29, 1.82) is 0 Å². The highest BCUT2D eigenvalue weighted by molar-refractivity contribution is 6.32. The van der Waals surface area contributed by atoms with Crippen molar-refractivity contribution < 1.29 is 14.5 Å². The van der Waals surface area contributed by atoms with Gasteiger partial charge in [0.25, 0.3) is 11.6 Å². The van der Waals surface area contributed by atoms with Crippen LogP contribution < -0.4 is 5.32 Å². The third kappa shape index (κ3) is 4.17. The Morgan fingerprint density at radius 1 is 1.23 bits per heavy atom. The first-order chi connectivity index (χ1) is 10.1. The maximum absolute atomic E-state index is 12.1. The van der Waals surface area contributed by atoms with Crippen LogP contribution in [0.2, 0.25) is 5.02 Å². The molecule has 1 rings (SSSR count). The number of amides is 3. The fraction of sp³-hybridized carbons (Fsp3) is 0.429. The average molecular weight is 328 g/mol. The Hall–Kier alpha value is -2.15. The molecule has 0 radical (unpaired) electrons. The molecule has 0 atom stereocenters. The van der Waals surface area contributed by atoms with Crippen LogP contribution in [0.15, 0.2) is 18.2 Å². The number of benzene rings is 1. The zero-order valence-electron chi connectivity index (χ0n) is 12.8. The van der Waals surface area contributed by atoms with Crippen LogP contribution in [0, 0.1) is 10.1 Å². The van der Waals surface area contributed by atoms with E-state index in [1.54, 1.807) is 0 Å². The van der Waals surface area contributed by atoms with Crippen molar-refractivity contribution in [3.63, 3.8) is 0 Å². The van der Waals surface area contributed by atoms with Gasteiger partial charge >= 0.3 is 6.03 Å². The summed E-state index contributed by atoms with van der Waals surface area (Å²) in [5.74, 6) is -0.712. The minimum Gasteiger partial charge on any atom is -0.320 e. The van der Waals surface area contributed by atoms with Gasteiger partial charge in [0.15, 0.2) is 0 Å². The number of nitro groups is 1. The second kappa shape index (κ2) is 7.22. The molecule has 1 aromatic rings. The number of nitrogens with one attached hydrogen (secondary N) is 1. The van der Waals surface area contributed by atoms with Crippen LogP contribution in [-0.2, 0) is 0 Å². The van der Waals surface area contributed by atoms with Crippen LogP contribution in [0.4, 0.5) is 10.5 Å². The largest absolute Gasteiger partial charge is 0.324 e. The molecule has 7 nitrogen and oxygen atoms in total. The molecule has 0 aliphatic rings. The van der Waals surface area contributed by atoms with Crippen molar-refractivity contribution in [2.45, 2.75) is 39.8 Å². The molecule has 0 heterocycles. The van der Waals surface area contributed by atoms with E-state index in [4.69, 9.17) is 11.6 Å². The molecular formula is C14H18ClN3O4. The zero-order chi connectivity index (χ0) is 17.0. The van der Waals surface area contributed by atoms with E-state index >= 15 is 0 Å². The fourth-order valence-corrected chi connectivity index (χ4v) is 2.28. The van der Waals surface area contributed by atoms with Gasteiger partial charge in [0, 0.05) is 23.7 Å². The summed E-state index contributed by atoms with van der Waals surface area (Å²) in [4.78, 5) is 35.8. The summed E-state index contributed by atoms with van der Waals surface area (Å²) in [6.45, 7) is 7.32. The number of halogens is 1. The number of carbonyl (C=O) groups excluding carboxylic acids is 2. The summed E-state index contributed by atoms with van der Waals surface area (Å²) in [6.07, 6.45) is 0. The summed E-state index contributed by atoms with van der Waals surface area (Å²) in [5, 5.41) is 13.0. The molecule has 0 saturated carbocycles. The lowest BCUT2D eigenvalue weighted by atomic mass is 10.2. The first kappa shape index (κ1) is 17.9. The van der Waals surface area contributed by atoms with Crippen LogP contribution >= 0.6 is 11.6 Å². The zero-order valence-corrected chi connectivity index (χ0v) is 13.5. The van der Waals surface area contributed by atoms with E-state index in [2.05, 4.69) is 5.32 Å². The van der Waals surface area contributed by atoms with Crippen molar-refractivity contribution in [2.24, 2.45) is 0 Å². The molecule has 8 heteroatoms. The Labute approximate surface area is 133 Å². The smallest absolute Gasteiger partial charge is 0.320 e. The molecule has 120 valence electrons. The normalized spacial score (nSPS) is 10.7. The minimum atomic E-state index is -0.712. The molecule has 0 aromatic heterocycles. The Kier molecular flexibility index (Phi) is 5.87. The lowest BCUT2D eigenvalue weighted by Gasteiger charge is -2.30. The van der Waals surface area contributed by atoms with E-state index in [1.807, 2.05) is 27.7 Å². The lowest BCUT2D eigenvalue weighted by molar-refractivity contribution is -0.384. The van der Waals surface area contributed by atoms with Crippen molar-refractivity contribution in [3.8, 4) is 0 Å². The van der Waals surface area contributed by atoms with E-state index in [0.29, 0.717) is 0 Å². The number of hydrogen-bond acceptors (Lipinski definition) is 4. The van der Waals surface area contributed by atoms with Gasteiger partial charge < -0.3 is 4.90 Å². The van der Waals surface area contributed by atoms with Gasteiger partial charge in [-0.15, -0.1) is 0 Å². The molecular weight excluding hydrogens is 310 g/mol. The highest BCUT2D eigenvalue weighted by Gasteiger charge is 2.23. The average Bonchev–Trinajstić information content (AvgIpc) is 2.37. The summed E-state index contributed by atoms with van der Waals surface area (Å²) < 4.78 is 0. The van der Waals surface area contributed by atoms with Crippen molar-refractivity contribution in [3.05, 3.63) is 38.9 Å². The van der Waals surface area contributed by atoms with Crippen LogP contribution in [-0.4, -0.2) is 33.8 Å². The number of urea groups is 1. The van der Waals surface area contributed by atoms with E-state index < -0.39 is 16.9 Å². The van der Waals surface area contributed by atoms with Crippen molar-refractivity contribution >= 4 is 29.2 Å². The number of hydrogen-bond donors (Lipinski definition) is 1. The molecule has 3 amide bonds. The van der Waals surface area contributed by atoms with Crippen LogP contribution in [0.3, 0.4) is 0 Å². The minimum absolute atomic E-state index is 0.00286.